The van der Waals surface area contributed by atoms with Crippen LogP contribution >= 0.6 is 0 Å². The molecule has 0 unspecified atom stereocenters. The third kappa shape index (κ3) is 2.22. The normalized spacial score (nSPS) is 23.2. The highest BCUT2D eigenvalue weighted by molar-refractivity contribution is 5.82. The summed E-state index contributed by atoms with van der Waals surface area (Å²) in [6.07, 6.45) is -0.780. The summed E-state index contributed by atoms with van der Waals surface area (Å²) in [6.45, 7) is 0. The minimum absolute atomic E-state index is 0.0774. The number of carbonyl (C=O) groups is 2. The molecule has 5 heteroatoms. The van der Waals surface area contributed by atoms with Crippen LogP contribution in [0.3, 0.4) is 0 Å². The first-order valence-electron chi connectivity index (χ1n) is 5.18. The van der Waals surface area contributed by atoms with Gasteiger partial charge in [0.2, 0.25) is 0 Å². The number of rotatable bonds is 3. The van der Waals surface area contributed by atoms with Gasteiger partial charge in [-0.25, -0.2) is 0 Å². The SMILES string of the molecule is COc1ccc([C@@H]2OC(=O)C[C@@H]2C(=O)O)cc1. The minimum atomic E-state index is -1.02. The second-order valence-corrected chi connectivity index (χ2v) is 3.83. The molecule has 1 N–H and O–H groups in total. The Kier molecular flexibility index (Phi) is 2.99. The lowest BCUT2D eigenvalue weighted by Crippen LogP contribution is -2.17. The fourth-order valence-corrected chi connectivity index (χ4v) is 1.87. The summed E-state index contributed by atoms with van der Waals surface area (Å²) in [5.74, 6) is -1.63. The van der Waals surface area contributed by atoms with E-state index in [-0.39, 0.29) is 6.42 Å². The molecule has 5 nitrogen and oxygen atoms in total. The summed E-state index contributed by atoms with van der Waals surface area (Å²) in [5.41, 5.74) is 0.670. The van der Waals surface area contributed by atoms with Crippen molar-refractivity contribution in [2.75, 3.05) is 7.11 Å². The minimum Gasteiger partial charge on any atom is -0.497 e. The molecule has 1 aromatic rings. The highest BCUT2D eigenvalue weighted by atomic mass is 16.6. The lowest BCUT2D eigenvalue weighted by atomic mass is 9.95. The number of carbonyl (C=O) groups excluding carboxylic acids is 1. The Bertz CT molecular complexity index is 437. The van der Waals surface area contributed by atoms with Crippen LogP contribution in [0.4, 0.5) is 0 Å². The molecule has 1 heterocycles. The Morgan fingerprint density at radius 2 is 2.06 bits per heavy atom. The van der Waals surface area contributed by atoms with Crippen LogP contribution in [-0.4, -0.2) is 24.2 Å². The molecule has 2 rings (SSSR count). The van der Waals surface area contributed by atoms with Gasteiger partial charge in [0.05, 0.1) is 13.5 Å². The number of benzene rings is 1. The number of esters is 1. The number of hydrogen-bond acceptors (Lipinski definition) is 4. The molecule has 0 bridgehead atoms. The topological polar surface area (TPSA) is 72.8 Å². The molecule has 1 aromatic carbocycles. The van der Waals surface area contributed by atoms with Gasteiger partial charge in [-0.1, -0.05) is 12.1 Å². The molecular weight excluding hydrogens is 224 g/mol. The van der Waals surface area contributed by atoms with Crippen LogP contribution in [0.25, 0.3) is 0 Å². The lowest BCUT2D eigenvalue weighted by Gasteiger charge is -2.14. The number of ether oxygens (including phenoxy) is 2. The first kappa shape index (κ1) is 11.4. The van der Waals surface area contributed by atoms with Crippen LogP contribution in [-0.2, 0) is 14.3 Å². The fourth-order valence-electron chi connectivity index (χ4n) is 1.87. The average molecular weight is 236 g/mol. The third-order valence-corrected chi connectivity index (χ3v) is 2.77. The number of cyclic esters (lactones) is 1. The second-order valence-electron chi connectivity index (χ2n) is 3.83. The van der Waals surface area contributed by atoms with Crippen LogP contribution in [0.1, 0.15) is 18.1 Å². The number of carboxylic acids is 1. The molecule has 0 spiro atoms. The van der Waals surface area contributed by atoms with Crippen molar-refractivity contribution in [1.82, 2.24) is 0 Å². The summed E-state index contributed by atoms with van der Waals surface area (Å²) in [4.78, 5) is 22.2. The molecule has 2 atom stereocenters. The first-order valence-corrected chi connectivity index (χ1v) is 5.18. The van der Waals surface area contributed by atoms with E-state index in [0.717, 1.165) is 0 Å². The van der Waals surface area contributed by atoms with Crippen molar-refractivity contribution in [2.24, 2.45) is 5.92 Å². The van der Waals surface area contributed by atoms with Gasteiger partial charge in [-0.05, 0) is 17.7 Å². The summed E-state index contributed by atoms with van der Waals surface area (Å²) >= 11 is 0. The van der Waals surface area contributed by atoms with Crippen LogP contribution in [0.15, 0.2) is 24.3 Å². The molecule has 0 radical (unpaired) electrons. The van der Waals surface area contributed by atoms with E-state index < -0.39 is 24.0 Å². The van der Waals surface area contributed by atoms with E-state index in [2.05, 4.69) is 0 Å². The number of hydrogen-bond donors (Lipinski definition) is 1. The molecule has 17 heavy (non-hydrogen) atoms. The van der Waals surface area contributed by atoms with E-state index in [1.54, 1.807) is 31.4 Å². The number of carboxylic acid groups (broad SMARTS) is 1. The zero-order valence-corrected chi connectivity index (χ0v) is 9.25. The van der Waals surface area contributed by atoms with E-state index in [0.29, 0.717) is 11.3 Å². The van der Waals surface area contributed by atoms with Gasteiger partial charge < -0.3 is 14.6 Å². The van der Waals surface area contributed by atoms with Crippen molar-refractivity contribution in [2.45, 2.75) is 12.5 Å². The van der Waals surface area contributed by atoms with Gasteiger partial charge in [0.25, 0.3) is 0 Å². The third-order valence-electron chi connectivity index (χ3n) is 2.77. The average Bonchev–Trinajstić information content (AvgIpc) is 2.72. The van der Waals surface area contributed by atoms with E-state index >= 15 is 0 Å². The maximum Gasteiger partial charge on any atom is 0.311 e. The van der Waals surface area contributed by atoms with E-state index in [4.69, 9.17) is 14.6 Å². The van der Waals surface area contributed by atoms with Crippen molar-refractivity contribution >= 4 is 11.9 Å². The Morgan fingerprint density at radius 1 is 1.41 bits per heavy atom. The van der Waals surface area contributed by atoms with Crippen molar-refractivity contribution < 1.29 is 24.2 Å². The Labute approximate surface area is 98.0 Å². The predicted octanol–water partition coefficient (Wildman–Crippen LogP) is 1.38. The van der Waals surface area contributed by atoms with Crippen LogP contribution in [0.2, 0.25) is 0 Å². The van der Waals surface area contributed by atoms with Gasteiger partial charge in [-0.2, -0.15) is 0 Å². The summed E-state index contributed by atoms with van der Waals surface area (Å²) in [7, 11) is 1.55. The quantitative estimate of drug-likeness (QED) is 0.803. The predicted molar refractivity (Wildman–Crippen MR) is 57.6 cm³/mol. The van der Waals surface area contributed by atoms with Gasteiger partial charge in [0.15, 0.2) is 0 Å². The van der Waals surface area contributed by atoms with Crippen molar-refractivity contribution in [1.29, 1.82) is 0 Å². The van der Waals surface area contributed by atoms with Crippen molar-refractivity contribution in [3.63, 3.8) is 0 Å². The van der Waals surface area contributed by atoms with Crippen molar-refractivity contribution in [3.05, 3.63) is 29.8 Å². The molecule has 0 aromatic heterocycles. The number of methoxy groups -OCH3 is 1. The monoisotopic (exact) mass is 236 g/mol. The maximum atomic E-state index is 11.2. The highest BCUT2D eigenvalue weighted by Gasteiger charge is 2.40. The zero-order chi connectivity index (χ0) is 12.4. The molecular formula is C12H12O5. The van der Waals surface area contributed by atoms with Crippen LogP contribution in [0.5, 0.6) is 5.75 Å². The molecule has 0 amide bonds. The highest BCUT2D eigenvalue weighted by Crippen LogP contribution is 2.35. The van der Waals surface area contributed by atoms with Gasteiger partial charge in [0, 0.05) is 0 Å². The van der Waals surface area contributed by atoms with E-state index in [1.165, 1.54) is 0 Å². The van der Waals surface area contributed by atoms with Crippen LogP contribution < -0.4 is 4.74 Å². The summed E-state index contributed by atoms with van der Waals surface area (Å²) < 4.78 is 10.0. The molecule has 1 fully saturated rings. The molecule has 1 aliphatic rings. The van der Waals surface area contributed by atoms with Gasteiger partial charge >= 0.3 is 11.9 Å². The molecule has 90 valence electrons. The number of aliphatic carboxylic acids is 1. The standard InChI is InChI=1S/C12H12O5/c1-16-8-4-2-7(3-5-8)11-9(12(14)15)6-10(13)17-11/h2-5,9,11H,6H2,1H3,(H,14,15)/t9-,11-/m0/s1. The molecule has 1 saturated heterocycles. The molecule has 1 aliphatic heterocycles. The zero-order valence-electron chi connectivity index (χ0n) is 9.25. The second kappa shape index (κ2) is 4.45. The Morgan fingerprint density at radius 3 is 2.59 bits per heavy atom. The summed E-state index contributed by atoms with van der Waals surface area (Å²) in [5, 5.41) is 9.01. The largest absolute Gasteiger partial charge is 0.497 e. The van der Waals surface area contributed by atoms with Crippen LogP contribution in [0, 0.1) is 5.92 Å². The first-order chi connectivity index (χ1) is 8.11. The van der Waals surface area contributed by atoms with Gasteiger partial charge in [-0.15, -0.1) is 0 Å². The van der Waals surface area contributed by atoms with E-state index in [1.807, 2.05) is 0 Å². The molecule has 0 saturated carbocycles. The fraction of sp³-hybridized carbons (Fsp3) is 0.333. The van der Waals surface area contributed by atoms with Gasteiger partial charge in [0.1, 0.15) is 17.8 Å². The lowest BCUT2D eigenvalue weighted by molar-refractivity contribution is -0.144. The van der Waals surface area contributed by atoms with Gasteiger partial charge in [-0.3, -0.25) is 9.59 Å². The smallest absolute Gasteiger partial charge is 0.311 e. The maximum absolute atomic E-state index is 11.2. The summed E-state index contributed by atoms with van der Waals surface area (Å²) in [6, 6.07) is 6.83. The Hall–Kier alpha value is -2.04. The van der Waals surface area contributed by atoms with E-state index in [9.17, 15) is 9.59 Å². The Balaban J connectivity index is 2.25. The van der Waals surface area contributed by atoms with Crippen molar-refractivity contribution in [3.8, 4) is 5.75 Å². The molecule has 0 aliphatic carbocycles.